The van der Waals surface area contributed by atoms with Crippen LogP contribution in [0.25, 0.3) is 10.2 Å². The topological polar surface area (TPSA) is 67.8 Å². The summed E-state index contributed by atoms with van der Waals surface area (Å²) >= 11 is 3.39. The first-order chi connectivity index (χ1) is 10.7. The van der Waals surface area contributed by atoms with Crippen molar-refractivity contribution >= 4 is 33.3 Å². The van der Waals surface area contributed by atoms with Gasteiger partial charge in [-0.2, -0.15) is 0 Å². The van der Waals surface area contributed by atoms with Crippen molar-refractivity contribution in [3.05, 3.63) is 56.5 Å². The number of fused-ring (bicyclic) bond motifs is 3. The fourth-order valence-corrected chi connectivity index (χ4v) is 5.23. The second-order valence-electron chi connectivity index (χ2n) is 5.18. The Morgan fingerprint density at radius 3 is 3.09 bits per heavy atom. The minimum absolute atomic E-state index is 0.0935. The van der Waals surface area contributed by atoms with Crippen molar-refractivity contribution in [3.8, 4) is 0 Å². The lowest BCUT2D eigenvalue weighted by Gasteiger charge is -2.09. The van der Waals surface area contributed by atoms with Gasteiger partial charge in [0.1, 0.15) is 10.7 Å². The SMILES string of the molecule is O=c1[nH]c(Cn2ccccc2=O)nc2sc3c(c12)CCCS3. The maximum Gasteiger partial charge on any atom is 0.260 e. The van der Waals surface area contributed by atoms with Crippen LogP contribution in [0.4, 0.5) is 0 Å². The lowest BCUT2D eigenvalue weighted by molar-refractivity contribution is 0.716. The molecule has 0 aromatic carbocycles. The average Bonchev–Trinajstić information content (AvgIpc) is 2.88. The fraction of sp³-hybridized carbons (Fsp3) is 0.267. The molecule has 1 aliphatic heterocycles. The smallest absolute Gasteiger partial charge is 0.260 e. The molecule has 0 saturated carbocycles. The van der Waals surface area contributed by atoms with Crippen LogP contribution in [-0.2, 0) is 13.0 Å². The van der Waals surface area contributed by atoms with Gasteiger partial charge in [-0.05, 0) is 30.2 Å². The summed E-state index contributed by atoms with van der Waals surface area (Å²) in [5, 5.41) is 0.733. The summed E-state index contributed by atoms with van der Waals surface area (Å²) in [7, 11) is 0. The highest BCUT2D eigenvalue weighted by Gasteiger charge is 2.20. The molecule has 4 heterocycles. The van der Waals surface area contributed by atoms with E-state index in [9.17, 15) is 9.59 Å². The van der Waals surface area contributed by atoms with E-state index in [0.717, 1.165) is 34.4 Å². The van der Waals surface area contributed by atoms with Gasteiger partial charge in [0.2, 0.25) is 0 Å². The number of aromatic nitrogens is 3. The highest BCUT2D eigenvalue weighted by molar-refractivity contribution is 8.01. The lowest BCUT2D eigenvalue weighted by atomic mass is 10.1. The van der Waals surface area contributed by atoms with E-state index < -0.39 is 0 Å². The second kappa shape index (κ2) is 5.40. The molecule has 0 amide bonds. The monoisotopic (exact) mass is 331 g/mol. The van der Waals surface area contributed by atoms with Gasteiger partial charge >= 0.3 is 0 Å². The molecule has 0 unspecified atom stereocenters. The van der Waals surface area contributed by atoms with Crippen molar-refractivity contribution in [2.24, 2.45) is 0 Å². The van der Waals surface area contributed by atoms with Gasteiger partial charge in [-0.25, -0.2) is 4.98 Å². The quantitative estimate of drug-likeness (QED) is 0.782. The van der Waals surface area contributed by atoms with E-state index in [4.69, 9.17) is 0 Å². The molecule has 5 nitrogen and oxygen atoms in total. The number of nitrogens with one attached hydrogen (secondary N) is 1. The Balaban J connectivity index is 1.82. The summed E-state index contributed by atoms with van der Waals surface area (Å²) in [6, 6.07) is 4.98. The van der Waals surface area contributed by atoms with Crippen LogP contribution in [0.3, 0.4) is 0 Å². The maximum atomic E-state index is 12.4. The van der Waals surface area contributed by atoms with Crippen molar-refractivity contribution in [3.63, 3.8) is 0 Å². The summed E-state index contributed by atoms with van der Waals surface area (Å²) in [6.07, 6.45) is 3.75. The molecule has 0 fully saturated rings. The van der Waals surface area contributed by atoms with Gasteiger partial charge < -0.3 is 9.55 Å². The Morgan fingerprint density at radius 1 is 1.32 bits per heavy atom. The first kappa shape index (κ1) is 13.8. The molecular formula is C15H13N3O2S2. The van der Waals surface area contributed by atoms with E-state index in [1.165, 1.54) is 14.8 Å². The Hall–Kier alpha value is -1.86. The number of aryl methyl sites for hydroxylation is 1. The molecule has 22 heavy (non-hydrogen) atoms. The summed E-state index contributed by atoms with van der Waals surface area (Å²) in [5.41, 5.74) is 0.948. The molecule has 0 saturated heterocycles. The maximum absolute atomic E-state index is 12.4. The number of thioether (sulfide) groups is 1. The zero-order chi connectivity index (χ0) is 15.1. The highest BCUT2D eigenvalue weighted by Crippen LogP contribution is 2.39. The minimum atomic E-state index is -0.105. The minimum Gasteiger partial charge on any atom is -0.308 e. The number of pyridine rings is 1. The predicted octanol–water partition coefficient (Wildman–Crippen LogP) is 2.23. The summed E-state index contributed by atoms with van der Waals surface area (Å²) < 4.78 is 2.75. The van der Waals surface area contributed by atoms with Crippen LogP contribution in [0.15, 0.2) is 38.2 Å². The standard InChI is InChI=1S/C15H13N3O2S2/c19-11-5-1-2-6-18(11)8-10-16-13(20)12-9-4-3-7-21-15(9)22-14(12)17-10/h1-2,5-6H,3-4,7-8H2,(H,16,17,20). The van der Waals surface area contributed by atoms with Crippen molar-refractivity contribution < 1.29 is 0 Å². The average molecular weight is 331 g/mol. The van der Waals surface area contributed by atoms with E-state index in [1.54, 1.807) is 41.4 Å². The second-order valence-corrected chi connectivity index (χ2v) is 7.54. The van der Waals surface area contributed by atoms with E-state index in [-0.39, 0.29) is 17.7 Å². The van der Waals surface area contributed by atoms with Gasteiger partial charge in [0.15, 0.2) is 0 Å². The number of aromatic amines is 1. The number of nitrogens with zero attached hydrogens (tertiary/aromatic N) is 2. The number of hydrogen-bond donors (Lipinski definition) is 1. The number of rotatable bonds is 2. The molecule has 7 heteroatoms. The predicted molar refractivity (Wildman–Crippen MR) is 89.1 cm³/mol. The van der Waals surface area contributed by atoms with Crippen molar-refractivity contribution in [1.82, 2.24) is 14.5 Å². The normalized spacial score (nSPS) is 14.2. The molecule has 3 aromatic rings. The third kappa shape index (κ3) is 2.30. The molecule has 4 rings (SSSR count). The van der Waals surface area contributed by atoms with Gasteiger partial charge in [-0.15, -0.1) is 23.1 Å². The van der Waals surface area contributed by atoms with Crippen LogP contribution in [0.5, 0.6) is 0 Å². The molecule has 0 radical (unpaired) electrons. The molecular weight excluding hydrogens is 318 g/mol. The summed E-state index contributed by atoms with van der Waals surface area (Å²) in [5.74, 6) is 1.62. The van der Waals surface area contributed by atoms with Crippen LogP contribution in [0, 0.1) is 0 Å². The zero-order valence-electron chi connectivity index (χ0n) is 11.7. The van der Waals surface area contributed by atoms with Crippen LogP contribution in [-0.4, -0.2) is 20.3 Å². The summed E-state index contributed by atoms with van der Waals surface area (Å²) in [4.78, 5) is 32.4. The molecule has 0 bridgehead atoms. The van der Waals surface area contributed by atoms with E-state index >= 15 is 0 Å². The van der Waals surface area contributed by atoms with Gasteiger partial charge in [-0.1, -0.05) is 6.07 Å². The van der Waals surface area contributed by atoms with Gasteiger partial charge in [-0.3, -0.25) is 9.59 Å². The Kier molecular flexibility index (Phi) is 3.38. The number of thiophene rings is 1. The summed E-state index contributed by atoms with van der Waals surface area (Å²) in [6.45, 7) is 0.278. The van der Waals surface area contributed by atoms with Gasteiger partial charge in [0.05, 0.1) is 16.1 Å². The third-order valence-electron chi connectivity index (χ3n) is 3.70. The van der Waals surface area contributed by atoms with E-state index in [2.05, 4.69) is 9.97 Å². The van der Waals surface area contributed by atoms with Crippen LogP contribution < -0.4 is 11.1 Å². The zero-order valence-corrected chi connectivity index (χ0v) is 13.3. The van der Waals surface area contributed by atoms with Gasteiger partial charge in [0, 0.05) is 12.3 Å². The fourth-order valence-electron chi connectivity index (χ4n) is 2.67. The molecule has 0 atom stereocenters. The van der Waals surface area contributed by atoms with E-state index in [0.29, 0.717) is 5.82 Å². The molecule has 3 aromatic heterocycles. The molecule has 112 valence electrons. The first-order valence-electron chi connectivity index (χ1n) is 7.05. The number of hydrogen-bond acceptors (Lipinski definition) is 5. The Labute approximate surface area is 134 Å². The van der Waals surface area contributed by atoms with E-state index in [1.807, 2.05) is 0 Å². The molecule has 1 aliphatic rings. The third-order valence-corrected chi connectivity index (χ3v) is 6.22. The Bertz CT molecular complexity index is 971. The molecule has 1 N–H and O–H groups in total. The first-order valence-corrected chi connectivity index (χ1v) is 8.85. The largest absolute Gasteiger partial charge is 0.308 e. The molecule has 0 spiro atoms. The highest BCUT2D eigenvalue weighted by atomic mass is 32.2. The van der Waals surface area contributed by atoms with Crippen molar-refractivity contribution in [1.29, 1.82) is 0 Å². The van der Waals surface area contributed by atoms with Crippen molar-refractivity contribution in [2.75, 3.05) is 5.75 Å². The van der Waals surface area contributed by atoms with Gasteiger partial charge in [0.25, 0.3) is 11.1 Å². The molecule has 0 aliphatic carbocycles. The van der Waals surface area contributed by atoms with Crippen LogP contribution >= 0.6 is 23.1 Å². The number of H-pyrrole nitrogens is 1. The Morgan fingerprint density at radius 2 is 2.23 bits per heavy atom. The van der Waals surface area contributed by atoms with Crippen LogP contribution in [0.1, 0.15) is 17.8 Å². The van der Waals surface area contributed by atoms with Crippen molar-refractivity contribution in [2.45, 2.75) is 23.6 Å². The lowest BCUT2D eigenvalue weighted by Crippen LogP contribution is -2.21. The van der Waals surface area contributed by atoms with Crippen LogP contribution in [0.2, 0.25) is 0 Å².